The van der Waals surface area contributed by atoms with E-state index < -0.39 is 11.7 Å². The van der Waals surface area contributed by atoms with Crippen LogP contribution in [0.1, 0.15) is 16.7 Å². The summed E-state index contributed by atoms with van der Waals surface area (Å²) >= 11 is 0. The van der Waals surface area contributed by atoms with Gasteiger partial charge in [0, 0.05) is 11.8 Å². The Kier molecular flexibility index (Phi) is 5.27. The molecule has 2 N–H and O–H groups in total. The number of aromatic nitrogens is 5. The van der Waals surface area contributed by atoms with Crippen molar-refractivity contribution in [3.63, 3.8) is 0 Å². The number of fused-ring (bicyclic) bond motifs is 1. The summed E-state index contributed by atoms with van der Waals surface area (Å²) in [7, 11) is 0. The third-order valence-electron chi connectivity index (χ3n) is 5.55. The first-order chi connectivity index (χ1) is 16.3. The van der Waals surface area contributed by atoms with Gasteiger partial charge in [-0.05, 0) is 54.3 Å². The van der Waals surface area contributed by atoms with Gasteiger partial charge < -0.3 is 4.98 Å². The molecule has 172 valence electrons. The highest BCUT2D eigenvalue weighted by molar-refractivity contribution is 5.75. The van der Waals surface area contributed by atoms with E-state index in [0.29, 0.717) is 34.3 Å². The van der Waals surface area contributed by atoms with E-state index in [1.807, 2.05) is 0 Å². The fourth-order valence-electron chi connectivity index (χ4n) is 3.79. The van der Waals surface area contributed by atoms with Crippen LogP contribution in [0.2, 0.25) is 0 Å². The van der Waals surface area contributed by atoms with E-state index in [2.05, 4.69) is 20.1 Å². The normalized spacial score (nSPS) is 11.9. The number of aromatic amines is 2. The van der Waals surface area contributed by atoms with Gasteiger partial charge in [0.25, 0.3) is 5.56 Å². The van der Waals surface area contributed by atoms with Gasteiger partial charge in [-0.3, -0.25) is 14.9 Å². The van der Waals surface area contributed by atoms with Gasteiger partial charge >= 0.3 is 6.18 Å². The molecule has 0 unspecified atom stereocenters. The molecule has 0 bridgehead atoms. The minimum Gasteiger partial charge on any atom is -0.321 e. The molecule has 0 aliphatic heterocycles. The molecule has 0 saturated heterocycles. The number of aryl methyl sites for hydroxylation is 1. The van der Waals surface area contributed by atoms with E-state index in [-0.39, 0.29) is 23.7 Å². The number of alkyl halides is 3. The van der Waals surface area contributed by atoms with Crippen LogP contribution in [0.15, 0.2) is 71.8 Å². The van der Waals surface area contributed by atoms with Gasteiger partial charge in [-0.15, -0.1) is 0 Å². The van der Waals surface area contributed by atoms with Gasteiger partial charge in [0.15, 0.2) is 0 Å². The van der Waals surface area contributed by atoms with Crippen LogP contribution in [0.5, 0.6) is 0 Å². The van der Waals surface area contributed by atoms with Crippen molar-refractivity contribution in [1.82, 2.24) is 24.7 Å². The number of pyridine rings is 1. The van der Waals surface area contributed by atoms with Crippen LogP contribution in [0, 0.1) is 5.82 Å². The second-order valence-electron chi connectivity index (χ2n) is 7.76. The predicted octanol–water partition coefficient (Wildman–Crippen LogP) is 5.05. The number of nitrogens with one attached hydrogen (secondary N) is 2. The Balaban J connectivity index is 1.58. The SMILES string of the molecule is O=c1c(CCc2ccc(F)cc2)c(-c2ccc(C(F)(F)F)cc2)[nH]n1-c1nc2ccncc2[nH]1. The molecule has 0 aliphatic carbocycles. The molecule has 0 aliphatic rings. The summed E-state index contributed by atoms with van der Waals surface area (Å²) in [6.07, 6.45) is -0.596. The standard InChI is InChI=1S/C24H17F4N5O/c25-17-8-1-14(2-9-17)3-10-18-21(15-4-6-16(7-5-15)24(26,27)28)32-33(22(18)34)23-30-19-11-12-29-13-20(19)31-23/h1-2,4-9,11-13,32H,3,10H2,(H,30,31). The van der Waals surface area contributed by atoms with Gasteiger partial charge in [-0.25, -0.2) is 9.37 Å². The average Bonchev–Trinajstić information content (AvgIpc) is 3.39. The van der Waals surface area contributed by atoms with Gasteiger partial charge in [0.1, 0.15) is 5.82 Å². The number of hydrogen-bond donors (Lipinski definition) is 2. The van der Waals surface area contributed by atoms with E-state index in [1.54, 1.807) is 30.6 Å². The lowest BCUT2D eigenvalue weighted by Crippen LogP contribution is -2.18. The second kappa shape index (κ2) is 8.29. The fourth-order valence-corrected chi connectivity index (χ4v) is 3.79. The van der Waals surface area contributed by atoms with Crippen LogP contribution in [0.3, 0.4) is 0 Å². The molecule has 0 fully saturated rings. The van der Waals surface area contributed by atoms with Crippen molar-refractivity contribution in [2.75, 3.05) is 0 Å². The Hall–Kier alpha value is -4.21. The van der Waals surface area contributed by atoms with Gasteiger partial charge in [0.2, 0.25) is 5.95 Å². The highest BCUT2D eigenvalue weighted by Gasteiger charge is 2.30. The van der Waals surface area contributed by atoms with Gasteiger partial charge in [-0.1, -0.05) is 24.3 Å². The summed E-state index contributed by atoms with van der Waals surface area (Å²) in [5.41, 5.74) is 2.08. The second-order valence-corrected chi connectivity index (χ2v) is 7.76. The molecule has 6 nitrogen and oxygen atoms in total. The average molecular weight is 467 g/mol. The summed E-state index contributed by atoms with van der Waals surface area (Å²) in [5.74, 6) is -0.133. The van der Waals surface area contributed by atoms with E-state index in [4.69, 9.17) is 0 Å². The lowest BCUT2D eigenvalue weighted by atomic mass is 10.0. The molecule has 0 amide bonds. The Bertz CT molecular complexity index is 1480. The molecule has 3 aromatic heterocycles. The first kappa shape index (κ1) is 21.6. The third-order valence-corrected chi connectivity index (χ3v) is 5.55. The van der Waals surface area contributed by atoms with E-state index in [1.165, 1.54) is 28.9 Å². The van der Waals surface area contributed by atoms with Crippen LogP contribution in [-0.4, -0.2) is 24.7 Å². The molecule has 5 rings (SSSR count). The van der Waals surface area contributed by atoms with Gasteiger partial charge in [0.05, 0.1) is 28.5 Å². The zero-order chi connectivity index (χ0) is 23.9. The Morgan fingerprint density at radius 1 is 0.941 bits per heavy atom. The van der Waals surface area contributed by atoms with Crippen LogP contribution in [0.25, 0.3) is 28.2 Å². The van der Waals surface area contributed by atoms with E-state index in [0.717, 1.165) is 17.7 Å². The number of H-pyrrole nitrogens is 2. The van der Waals surface area contributed by atoms with E-state index >= 15 is 0 Å². The smallest absolute Gasteiger partial charge is 0.321 e. The van der Waals surface area contributed by atoms with Crippen molar-refractivity contribution in [1.29, 1.82) is 0 Å². The van der Waals surface area contributed by atoms with Crippen molar-refractivity contribution in [2.24, 2.45) is 0 Å². The largest absolute Gasteiger partial charge is 0.416 e. The predicted molar refractivity (Wildman–Crippen MR) is 118 cm³/mol. The number of imidazole rings is 1. The van der Waals surface area contributed by atoms with Crippen LogP contribution >= 0.6 is 0 Å². The van der Waals surface area contributed by atoms with Crippen molar-refractivity contribution in [2.45, 2.75) is 19.0 Å². The van der Waals surface area contributed by atoms with Crippen molar-refractivity contribution >= 4 is 11.0 Å². The molecule has 10 heteroatoms. The summed E-state index contributed by atoms with van der Waals surface area (Å²) < 4.78 is 53.5. The molecule has 3 heterocycles. The number of benzene rings is 2. The topological polar surface area (TPSA) is 79.4 Å². The number of rotatable bonds is 5. The molecule has 5 aromatic rings. The van der Waals surface area contributed by atoms with E-state index in [9.17, 15) is 22.4 Å². The molecular formula is C24H17F4N5O. The fraction of sp³-hybridized carbons (Fsp3) is 0.125. The number of nitrogens with zero attached hydrogens (tertiary/aromatic N) is 3. The lowest BCUT2D eigenvalue weighted by Gasteiger charge is -2.08. The Morgan fingerprint density at radius 3 is 2.35 bits per heavy atom. The Labute approximate surface area is 189 Å². The maximum absolute atomic E-state index is 13.4. The first-order valence-corrected chi connectivity index (χ1v) is 10.4. The molecule has 2 aromatic carbocycles. The first-order valence-electron chi connectivity index (χ1n) is 10.4. The van der Waals surface area contributed by atoms with Crippen LogP contribution in [0.4, 0.5) is 17.6 Å². The quantitative estimate of drug-likeness (QED) is 0.355. The zero-order valence-corrected chi connectivity index (χ0v) is 17.5. The summed E-state index contributed by atoms with van der Waals surface area (Å²) in [4.78, 5) is 24.8. The molecule has 0 spiro atoms. The maximum atomic E-state index is 13.4. The maximum Gasteiger partial charge on any atom is 0.416 e. The van der Waals surface area contributed by atoms with Crippen LogP contribution < -0.4 is 5.56 Å². The van der Waals surface area contributed by atoms with Crippen molar-refractivity contribution in [3.8, 4) is 17.2 Å². The highest BCUT2D eigenvalue weighted by Crippen LogP contribution is 2.31. The molecule has 0 saturated carbocycles. The summed E-state index contributed by atoms with van der Waals surface area (Å²) in [5, 5.41) is 3.00. The molecule has 0 atom stereocenters. The van der Waals surface area contributed by atoms with Crippen molar-refractivity contribution in [3.05, 3.63) is 99.9 Å². The van der Waals surface area contributed by atoms with Crippen LogP contribution in [-0.2, 0) is 19.0 Å². The highest BCUT2D eigenvalue weighted by atomic mass is 19.4. The summed E-state index contributed by atoms with van der Waals surface area (Å²) in [6, 6.07) is 12.2. The summed E-state index contributed by atoms with van der Waals surface area (Å²) in [6.45, 7) is 0. The number of hydrogen-bond acceptors (Lipinski definition) is 3. The Morgan fingerprint density at radius 2 is 1.68 bits per heavy atom. The zero-order valence-electron chi connectivity index (χ0n) is 17.5. The minimum absolute atomic E-state index is 0.231. The monoisotopic (exact) mass is 467 g/mol. The number of halogens is 4. The van der Waals surface area contributed by atoms with Gasteiger partial charge in [-0.2, -0.15) is 17.9 Å². The molecular weight excluding hydrogens is 450 g/mol. The molecule has 0 radical (unpaired) electrons. The molecule has 34 heavy (non-hydrogen) atoms. The van der Waals surface area contributed by atoms with Crippen molar-refractivity contribution < 1.29 is 17.6 Å². The lowest BCUT2D eigenvalue weighted by molar-refractivity contribution is -0.137. The minimum atomic E-state index is -4.47. The third kappa shape index (κ3) is 4.09.